The summed E-state index contributed by atoms with van der Waals surface area (Å²) in [7, 11) is 1.33. The van der Waals surface area contributed by atoms with Gasteiger partial charge in [-0.3, -0.25) is 9.69 Å². The van der Waals surface area contributed by atoms with E-state index in [-0.39, 0.29) is 30.2 Å². The van der Waals surface area contributed by atoms with Gasteiger partial charge < -0.3 is 19.7 Å². The fraction of sp³-hybridized carbons (Fsp3) is 0.548. The molecule has 1 saturated carbocycles. The van der Waals surface area contributed by atoms with Gasteiger partial charge >= 0.3 is 12.1 Å². The van der Waals surface area contributed by atoms with Crippen molar-refractivity contribution in [2.24, 2.45) is 5.92 Å². The molecule has 3 atom stereocenters. The topological polar surface area (TPSA) is 101 Å². The van der Waals surface area contributed by atoms with E-state index in [4.69, 9.17) is 14.5 Å². The molecule has 0 radical (unpaired) electrons. The van der Waals surface area contributed by atoms with Gasteiger partial charge in [0, 0.05) is 23.8 Å². The summed E-state index contributed by atoms with van der Waals surface area (Å²) in [4.78, 5) is 48.6. The number of fused-ring (bicyclic) bond motifs is 5. The van der Waals surface area contributed by atoms with Crippen LogP contribution in [-0.4, -0.2) is 64.6 Å². The van der Waals surface area contributed by atoms with Crippen LogP contribution >= 0.6 is 11.3 Å². The van der Waals surface area contributed by atoms with Crippen LogP contribution in [0.1, 0.15) is 74.8 Å². The number of methoxy groups -OCH3 is 1. The molecular weight excluding hydrogens is 540 g/mol. The number of carbonyl (C=O) groups is 3. The number of ether oxygens (including phenoxy) is 2. The molecule has 2 fully saturated rings. The van der Waals surface area contributed by atoms with Crippen LogP contribution in [0.25, 0.3) is 6.08 Å². The van der Waals surface area contributed by atoms with Gasteiger partial charge in [0.1, 0.15) is 18.2 Å². The molecule has 41 heavy (non-hydrogen) atoms. The van der Waals surface area contributed by atoms with Crippen molar-refractivity contribution in [2.75, 3.05) is 19.0 Å². The van der Waals surface area contributed by atoms with Crippen molar-refractivity contribution in [3.8, 4) is 0 Å². The number of benzene rings is 1. The SMILES string of the molecule is COC(=O)[C@@H]1C[C@@H]2CN1C(=O)[C@H](C1CCCC1)Nc1nc(cs1)C(C)(C)C/C=C/c1cccc3c1CN(C3)C(=O)O2. The predicted molar refractivity (Wildman–Crippen MR) is 156 cm³/mol. The summed E-state index contributed by atoms with van der Waals surface area (Å²) >= 11 is 1.51. The number of hydrogen-bond acceptors (Lipinski definition) is 8. The molecule has 10 heteroatoms. The van der Waals surface area contributed by atoms with Crippen LogP contribution < -0.4 is 5.32 Å². The van der Waals surface area contributed by atoms with Crippen LogP contribution in [0.4, 0.5) is 9.93 Å². The molecule has 1 saturated heterocycles. The second kappa shape index (κ2) is 11.1. The van der Waals surface area contributed by atoms with Crippen molar-refractivity contribution in [1.82, 2.24) is 14.8 Å². The minimum Gasteiger partial charge on any atom is -0.467 e. The van der Waals surface area contributed by atoms with E-state index in [0.717, 1.165) is 54.5 Å². The first-order valence-corrected chi connectivity index (χ1v) is 15.4. The number of thiazole rings is 1. The number of esters is 1. The molecule has 9 nitrogen and oxygen atoms in total. The van der Waals surface area contributed by atoms with E-state index in [1.54, 1.807) is 9.80 Å². The Hall–Kier alpha value is -3.40. The molecule has 1 aromatic carbocycles. The summed E-state index contributed by atoms with van der Waals surface area (Å²) in [6, 6.07) is 4.82. The zero-order valence-corrected chi connectivity index (χ0v) is 24.7. The van der Waals surface area contributed by atoms with Gasteiger partial charge in [0.25, 0.3) is 0 Å². The van der Waals surface area contributed by atoms with E-state index in [1.165, 1.54) is 18.4 Å². The van der Waals surface area contributed by atoms with Gasteiger partial charge in [-0.05, 0) is 41.9 Å². The molecule has 1 N–H and O–H groups in total. The van der Waals surface area contributed by atoms with E-state index in [0.29, 0.717) is 18.2 Å². The van der Waals surface area contributed by atoms with Crippen LogP contribution in [0.15, 0.2) is 29.7 Å². The van der Waals surface area contributed by atoms with Crippen molar-refractivity contribution in [2.45, 2.75) is 89.1 Å². The Bertz CT molecular complexity index is 1360. The van der Waals surface area contributed by atoms with Gasteiger partial charge in [0.2, 0.25) is 5.91 Å². The molecule has 218 valence electrons. The van der Waals surface area contributed by atoms with Crippen molar-refractivity contribution >= 4 is 40.5 Å². The number of anilines is 1. The Morgan fingerprint density at radius 1 is 1.20 bits per heavy atom. The van der Waals surface area contributed by atoms with E-state index >= 15 is 0 Å². The summed E-state index contributed by atoms with van der Waals surface area (Å²) in [6.07, 6.45) is 8.29. The summed E-state index contributed by atoms with van der Waals surface area (Å²) in [6.45, 7) is 5.43. The van der Waals surface area contributed by atoms with E-state index in [1.807, 2.05) is 12.1 Å². The van der Waals surface area contributed by atoms with Gasteiger partial charge in [-0.15, -0.1) is 11.3 Å². The Morgan fingerprint density at radius 3 is 2.78 bits per heavy atom. The summed E-state index contributed by atoms with van der Waals surface area (Å²) in [5, 5.41) is 6.25. The van der Waals surface area contributed by atoms with Gasteiger partial charge in [-0.1, -0.05) is 57.0 Å². The third kappa shape index (κ3) is 5.46. The summed E-state index contributed by atoms with van der Waals surface area (Å²) in [5.41, 5.74) is 4.07. The van der Waals surface area contributed by atoms with E-state index in [2.05, 4.69) is 42.8 Å². The number of nitrogens with zero attached hydrogens (tertiary/aromatic N) is 3. The van der Waals surface area contributed by atoms with E-state index in [9.17, 15) is 14.4 Å². The van der Waals surface area contributed by atoms with Crippen molar-refractivity contribution in [1.29, 1.82) is 0 Å². The van der Waals surface area contributed by atoms with E-state index < -0.39 is 30.3 Å². The van der Waals surface area contributed by atoms with Crippen molar-refractivity contribution in [3.05, 3.63) is 52.0 Å². The minimum absolute atomic E-state index is 0.135. The lowest BCUT2D eigenvalue weighted by molar-refractivity contribution is -0.151. The lowest BCUT2D eigenvalue weighted by Crippen LogP contribution is -2.50. The Balaban J connectivity index is 1.36. The first kappa shape index (κ1) is 27.8. The van der Waals surface area contributed by atoms with Crippen molar-refractivity contribution in [3.63, 3.8) is 0 Å². The van der Waals surface area contributed by atoms with Crippen molar-refractivity contribution < 1.29 is 23.9 Å². The quantitative estimate of drug-likeness (QED) is 0.495. The highest BCUT2D eigenvalue weighted by molar-refractivity contribution is 7.13. The smallest absolute Gasteiger partial charge is 0.410 e. The lowest BCUT2D eigenvalue weighted by Gasteiger charge is -2.30. The molecule has 0 spiro atoms. The second-order valence-electron chi connectivity index (χ2n) is 12.3. The highest BCUT2D eigenvalue weighted by Crippen LogP contribution is 2.36. The van der Waals surface area contributed by atoms with Crippen LogP contribution in [0.2, 0.25) is 0 Å². The minimum atomic E-state index is -0.806. The third-order valence-electron chi connectivity index (χ3n) is 9.10. The molecular formula is C31H38N4O5S. The monoisotopic (exact) mass is 578 g/mol. The zero-order chi connectivity index (χ0) is 28.7. The Kier molecular flexibility index (Phi) is 7.52. The maximum Gasteiger partial charge on any atom is 0.410 e. The normalized spacial score (nSPS) is 27.0. The van der Waals surface area contributed by atoms with Crippen LogP contribution in [-0.2, 0) is 37.6 Å². The van der Waals surface area contributed by atoms with Crippen LogP contribution in [0.3, 0.4) is 0 Å². The fourth-order valence-electron chi connectivity index (χ4n) is 6.66. The third-order valence-corrected chi connectivity index (χ3v) is 9.88. The van der Waals surface area contributed by atoms with Crippen LogP contribution in [0.5, 0.6) is 0 Å². The molecule has 1 aliphatic carbocycles. The summed E-state index contributed by atoms with van der Waals surface area (Å²) in [5.74, 6) is -0.524. The average Bonchev–Trinajstić information content (AvgIpc) is 3.76. The number of amides is 2. The molecule has 6 bridgehead atoms. The molecule has 3 aliphatic heterocycles. The highest BCUT2D eigenvalue weighted by atomic mass is 32.1. The van der Waals surface area contributed by atoms with Gasteiger partial charge in [0.05, 0.1) is 25.9 Å². The van der Waals surface area contributed by atoms with Crippen LogP contribution in [0, 0.1) is 5.92 Å². The number of carbonyl (C=O) groups excluding carboxylic acids is 3. The first-order chi connectivity index (χ1) is 19.7. The number of allylic oxidation sites excluding steroid dienone is 1. The first-order valence-electron chi connectivity index (χ1n) is 14.6. The Labute approximate surface area is 244 Å². The number of rotatable bonds is 2. The lowest BCUT2D eigenvalue weighted by atomic mass is 9.86. The number of nitrogens with one attached hydrogen (secondary N) is 1. The maximum atomic E-state index is 14.2. The summed E-state index contributed by atoms with van der Waals surface area (Å²) < 4.78 is 11.0. The number of hydrogen-bond donors (Lipinski definition) is 1. The average molecular weight is 579 g/mol. The molecule has 6 rings (SSSR count). The maximum absolute atomic E-state index is 14.2. The predicted octanol–water partition coefficient (Wildman–Crippen LogP) is 5.10. The Morgan fingerprint density at radius 2 is 2.00 bits per heavy atom. The highest BCUT2D eigenvalue weighted by Gasteiger charge is 2.46. The van der Waals surface area contributed by atoms with Gasteiger partial charge in [0.15, 0.2) is 5.13 Å². The molecule has 4 heterocycles. The number of aromatic nitrogens is 1. The molecule has 1 aromatic heterocycles. The zero-order valence-electron chi connectivity index (χ0n) is 23.9. The molecule has 2 amide bonds. The van der Waals surface area contributed by atoms with Gasteiger partial charge in [-0.2, -0.15) is 0 Å². The molecule has 2 aromatic rings. The fourth-order valence-corrected chi connectivity index (χ4v) is 7.60. The van der Waals surface area contributed by atoms with Gasteiger partial charge in [-0.25, -0.2) is 14.6 Å². The standard InChI is InChI=1S/C31H38N4O5S/c1-31(2)13-7-12-19-10-6-11-21-15-34(17-23(19)21)30(38)40-22-14-24(28(37)39-3)35(16-22)27(36)26(20-8-4-5-9-20)33-29-32-25(31)18-41-29/h6-7,10-12,18,20,22,24,26H,4-5,8-9,13-17H2,1-3H3,(H,32,33)/b12-7+/t22-,24+,26+/m1/s1. The molecule has 4 aliphatic rings. The largest absolute Gasteiger partial charge is 0.467 e. The second-order valence-corrected chi connectivity index (χ2v) is 13.2. The molecule has 0 unspecified atom stereocenters.